The molecule has 0 aliphatic heterocycles. The van der Waals surface area contributed by atoms with E-state index in [1.165, 1.54) is 18.2 Å². The lowest BCUT2D eigenvalue weighted by Crippen LogP contribution is -2.11. The second-order valence-corrected chi connectivity index (χ2v) is 7.78. The highest BCUT2D eigenvalue weighted by Crippen LogP contribution is 2.37. The van der Waals surface area contributed by atoms with E-state index in [1.807, 2.05) is 6.92 Å². The first-order valence-corrected chi connectivity index (χ1v) is 9.83. The fourth-order valence-corrected chi connectivity index (χ4v) is 3.80. The Kier molecular flexibility index (Phi) is 5.45. The number of imidazole rings is 1. The first kappa shape index (κ1) is 22.2. The number of alkyl halides is 6. The van der Waals surface area contributed by atoms with Crippen LogP contribution in [0.2, 0.25) is 5.02 Å². The van der Waals surface area contributed by atoms with Crippen molar-refractivity contribution in [3.05, 3.63) is 93.8 Å². The van der Waals surface area contributed by atoms with E-state index >= 15 is 0 Å². The minimum atomic E-state index is -4.69. The van der Waals surface area contributed by atoms with E-state index in [0.717, 1.165) is 28.3 Å². The fraction of sp³-hybridized carbons (Fsp3) is 0.174. The monoisotopic (exact) mass is 468 g/mol. The molecule has 0 unspecified atom stereocenters. The average molecular weight is 469 g/mol. The molecule has 0 aliphatic carbocycles. The van der Waals surface area contributed by atoms with Gasteiger partial charge in [0.15, 0.2) is 5.65 Å². The van der Waals surface area contributed by atoms with Crippen LogP contribution in [0.1, 0.15) is 27.9 Å². The van der Waals surface area contributed by atoms with Crippen LogP contribution in [0.3, 0.4) is 0 Å². The third-order valence-corrected chi connectivity index (χ3v) is 5.39. The van der Waals surface area contributed by atoms with Gasteiger partial charge in [-0.15, -0.1) is 0 Å². The molecule has 0 saturated carbocycles. The van der Waals surface area contributed by atoms with Gasteiger partial charge >= 0.3 is 12.4 Å². The molecule has 0 bridgehead atoms. The Labute approximate surface area is 184 Å². The van der Waals surface area contributed by atoms with E-state index in [-0.39, 0.29) is 34.0 Å². The predicted molar refractivity (Wildman–Crippen MR) is 110 cm³/mol. The summed E-state index contributed by atoms with van der Waals surface area (Å²) in [7, 11) is 0. The Morgan fingerprint density at radius 2 is 1.56 bits per heavy atom. The van der Waals surface area contributed by atoms with Gasteiger partial charge in [0.25, 0.3) is 0 Å². The summed E-state index contributed by atoms with van der Waals surface area (Å²) >= 11 is 6.11. The van der Waals surface area contributed by atoms with Gasteiger partial charge in [0.05, 0.1) is 27.5 Å². The third-order valence-electron chi connectivity index (χ3n) is 5.11. The van der Waals surface area contributed by atoms with Gasteiger partial charge in [0, 0.05) is 18.2 Å². The number of aryl methyl sites for hydroxylation is 1. The lowest BCUT2D eigenvalue weighted by atomic mass is 9.99. The van der Waals surface area contributed by atoms with Gasteiger partial charge in [-0.2, -0.15) is 26.3 Å². The van der Waals surface area contributed by atoms with E-state index < -0.39 is 23.5 Å². The number of nitrogens with zero attached hydrogens (tertiary/aromatic N) is 2. The number of hydrogen-bond acceptors (Lipinski definition) is 1. The van der Waals surface area contributed by atoms with Crippen molar-refractivity contribution in [2.45, 2.75) is 25.7 Å². The fourth-order valence-electron chi connectivity index (χ4n) is 3.55. The van der Waals surface area contributed by atoms with E-state index in [0.29, 0.717) is 5.56 Å². The highest BCUT2D eigenvalue weighted by molar-refractivity contribution is 6.33. The number of hydrogen-bond donors (Lipinski definition) is 0. The molecule has 32 heavy (non-hydrogen) atoms. The molecule has 2 nitrogen and oxygen atoms in total. The minimum absolute atomic E-state index is 0.0368. The largest absolute Gasteiger partial charge is 0.417 e. The maximum Gasteiger partial charge on any atom is 0.417 e. The molecule has 166 valence electrons. The summed E-state index contributed by atoms with van der Waals surface area (Å²) in [4.78, 5) is 4.41. The van der Waals surface area contributed by atoms with Crippen molar-refractivity contribution in [1.29, 1.82) is 0 Å². The van der Waals surface area contributed by atoms with Gasteiger partial charge in [-0.05, 0) is 24.6 Å². The van der Waals surface area contributed by atoms with Crippen molar-refractivity contribution in [1.82, 2.24) is 9.38 Å². The van der Waals surface area contributed by atoms with Gasteiger partial charge in [-0.3, -0.25) is 0 Å². The zero-order chi connectivity index (χ0) is 23.3. The molecule has 0 N–H and O–H groups in total. The maximum absolute atomic E-state index is 13.6. The zero-order valence-corrected chi connectivity index (χ0v) is 17.3. The molecule has 9 heteroatoms. The second-order valence-electron chi connectivity index (χ2n) is 7.37. The third kappa shape index (κ3) is 4.19. The Morgan fingerprint density at radius 3 is 2.19 bits per heavy atom. The minimum Gasteiger partial charge on any atom is -0.301 e. The van der Waals surface area contributed by atoms with Crippen LogP contribution in [0.4, 0.5) is 26.3 Å². The summed E-state index contributed by atoms with van der Waals surface area (Å²) in [5.41, 5.74) is 0.0218. The SMILES string of the molecule is Cc1ccc(-c2nc3c(Cl)cc(C(F)(F)F)cn3c2Cc2ccccc2C(F)(F)F)cc1. The molecule has 0 radical (unpaired) electrons. The molecule has 4 aromatic rings. The molecule has 0 spiro atoms. The number of rotatable bonds is 3. The summed E-state index contributed by atoms with van der Waals surface area (Å²) in [5.74, 6) is 0. The normalized spacial score (nSPS) is 12.5. The summed E-state index contributed by atoms with van der Waals surface area (Å²) in [6.45, 7) is 1.86. The second kappa shape index (κ2) is 7.85. The highest BCUT2D eigenvalue weighted by atomic mass is 35.5. The van der Waals surface area contributed by atoms with Crippen LogP contribution in [-0.4, -0.2) is 9.38 Å². The smallest absolute Gasteiger partial charge is 0.301 e. The topological polar surface area (TPSA) is 17.3 Å². The molecule has 2 aromatic heterocycles. The van der Waals surface area contributed by atoms with Crippen molar-refractivity contribution in [3.63, 3.8) is 0 Å². The summed E-state index contributed by atoms with van der Waals surface area (Å²) in [6.07, 6.45) is -8.78. The van der Waals surface area contributed by atoms with Crippen molar-refractivity contribution in [2.24, 2.45) is 0 Å². The first-order valence-electron chi connectivity index (χ1n) is 9.45. The average Bonchev–Trinajstić information content (AvgIpc) is 3.07. The molecule has 0 amide bonds. The van der Waals surface area contributed by atoms with Crippen LogP contribution < -0.4 is 0 Å². The number of benzene rings is 2. The number of halogens is 7. The van der Waals surface area contributed by atoms with Crippen LogP contribution in [-0.2, 0) is 18.8 Å². The van der Waals surface area contributed by atoms with Crippen molar-refractivity contribution in [2.75, 3.05) is 0 Å². The quantitative estimate of drug-likeness (QED) is 0.283. The number of pyridine rings is 1. The van der Waals surface area contributed by atoms with Gasteiger partial charge in [0.2, 0.25) is 0 Å². The van der Waals surface area contributed by atoms with Gasteiger partial charge in [-0.1, -0.05) is 59.6 Å². The van der Waals surface area contributed by atoms with Crippen molar-refractivity contribution < 1.29 is 26.3 Å². The molecule has 2 aromatic carbocycles. The standard InChI is InChI=1S/C23H15ClF6N2/c1-13-6-8-14(9-7-13)20-19(10-15-4-2-3-5-17(15)23(28,29)30)32-12-16(22(25,26)27)11-18(24)21(32)31-20/h2-9,11-12H,10H2,1H3. The maximum atomic E-state index is 13.6. The lowest BCUT2D eigenvalue weighted by molar-refractivity contribution is -0.138. The molecule has 2 heterocycles. The summed E-state index contributed by atoms with van der Waals surface area (Å²) in [6, 6.07) is 12.7. The molecular formula is C23H15ClF6N2. The van der Waals surface area contributed by atoms with Gasteiger partial charge in [0.1, 0.15) is 0 Å². The molecule has 0 saturated heterocycles. The predicted octanol–water partition coefficient (Wildman–Crippen LogP) is 7.59. The Bertz CT molecular complexity index is 1290. The Balaban J connectivity index is 2.00. The van der Waals surface area contributed by atoms with E-state index in [1.54, 1.807) is 24.3 Å². The van der Waals surface area contributed by atoms with E-state index in [2.05, 4.69) is 4.98 Å². The Morgan fingerprint density at radius 1 is 0.906 bits per heavy atom. The van der Waals surface area contributed by atoms with Crippen LogP contribution in [0.5, 0.6) is 0 Å². The van der Waals surface area contributed by atoms with Gasteiger partial charge < -0.3 is 4.40 Å². The van der Waals surface area contributed by atoms with Crippen molar-refractivity contribution >= 4 is 17.2 Å². The summed E-state index contributed by atoms with van der Waals surface area (Å²) in [5, 5.41) is -0.247. The molecule has 0 atom stereocenters. The van der Waals surface area contributed by atoms with E-state index in [9.17, 15) is 26.3 Å². The summed E-state index contributed by atoms with van der Waals surface area (Å²) < 4.78 is 82.0. The van der Waals surface area contributed by atoms with Crippen LogP contribution >= 0.6 is 11.6 Å². The van der Waals surface area contributed by atoms with Crippen LogP contribution in [0.15, 0.2) is 60.8 Å². The highest BCUT2D eigenvalue weighted by Gasteiger charge is 2.35. The van der Waals surface area contributed by atoms with Crippen LogP contribution in [0, 0.1) is 6.92 Å². The number of fused-ring (bicyclic) bond motifs is 1. The van der Waals surface area contributed by atoms with Crippen LogP contribution in [0.25, 0.3) is 16.9 Å². The van der Waals surface area contributed by atoms with Gasteiger partial charge in [-0.25, -0.2) is 4.98 Å². The zero-order valence-electron chi connectivity index (χ0n) is 16.5. The van der Waals surface area contributed by atoms with E-state index in [4.69, 9.17) is 11.6 Å². The Hall–Kier alpha value is -3.00. The first-order chi connectivity index (χ1) is 14.9. The van der Waals surface area contributed by atoms with Crippen molar-refractivity contribution in [3.8, 4) is 11.3 Å². The molecule has 0 aliphatic rings. The molecule has 0 fully saturated rings. The molecule has 4 rings (SSSR count). The number of aromatic nitrogens is 2. The lowest BCUT2D eigenvalue weighted by Gasteiger charge is -2.14. The molecular weight excluding hydrogens is 454 g/mol.